The van der Waals surface area contributed by atoms with Gasteiger partial charge in [0.05, 0.1) is 11.3 Å². The summed E-state index contributed by atoms with van der Waals surface area (Å²) in [6.07, 6.45) is 2.71. The van der Waals surface area contributed by atoms with Crippen LogP contribution in [0.5, 0.6) is 0 Å². The van der Waals surface area contributed by atoms with E-state index < -0.39 is 11.4 Å². The normalized spacial score (nSPS) is 30.3. The Morgan fingerprint density at radius 3 is 2.42 bits per heavy atom. The minimum atomic E-state index is -0.710. The van der Waals surface area contributed by atoms with Crippen molar-refractivity contribution in [2.75, 3.05) is 19.6 Å². The molecule has 0 bridgehead atoms. The summed E-state index contributed by atoms with van der Waals surface area (Å²) in [5.74, 6) is -0.440. The first-order valence-electron chi connectivity index (χ1n) is 7.26. The first-order valence-corrected chi connectivity index (χ1v) is 7.26. The third-order valence-electron chi connectivity index (χ3n) is 5.01. The van der Waals surface area contributed by atoms with Crippen molar-refractivity contribution in [2.45, 2.75) is 45.6 Å². The number of piperidine rings is 1. The van der Waals surface area contributed by atoms with Gasteiger partial charge in [0.25, 0.3) is 0 Å². The summed E-state index contributed by atoms with van der Waals surface area (Å²) >= 11 is 0. The number of nitrogens with zero attached hydrogens (tertiary/aromatic N) is 1. The largest absolute Gasteiger partial charge is 0.481 e. The Morgan fingerprint density at radius 1 is 1.37 bits per heavy atom. The predicted molar refractivity (Wildman–Crippen MR) is 71.7 cm³/mol. The lowest BCUT2D eigenvalue weighted by Gasteiger charge is -2.39. The van der Waals surface area contributed by atoms with Gasteiger partial charge in [-0.25, -0.2) is 0 Å². The van der Waals surface area contributed by atoms with E-state index in [-0.39, 0.29) is 17.9 Å². The van der Waals surface area contributed by atoms with Crippen LogP contribution in [-0.2, 0) is 9.59 Å². The Labute approximate surface area is 114 Å². The van der Waals surface area contributed by atoms with E-state index in [2.05, 4.69) is 5.32 Å². The number of carboxylic acid groups (broad SMARTS) is 1. The maximum Gasteiger partial charge on any atom is 0.309 e. The number of hydrogen-bond donors (Lipinski definition) is 2. The third-order valence-corrected chi connectivity index (χ3v) is 5.01. The standard InChI is InChI=1S/C14H24N2O3/c1-3-14(13(18)19)5-8-16(9-6-14)12(17)11-4-7-15-10(11)2/h10-11,15H,3-9H2,1-2H3,(H,18,19). The van der Waals surface area contributed by atoms with Gasteiger partial charge in [-0.3, -0.25) is 9.59 Å². The zero-order valence-corrected chi connectivity index (χ0v) is 11.8. The number of hydrogen-bond acceptors (Lipinski definition) is 3. The van der Waals surface area contributed by atoms with Crippen LogP contribution in [-0.4, -0.2) is 47.6 Å². The van der Waals surface area contributed by atoms with Crippen LogP contribution in [0.25, 0.3) is 0 Å². The zero-order valence-electron chi connectivity index (χ0n) is 11.8. The molecule has 0 aromatic heterocycles. The summed E-state index contributed by atoms with van der Waals surface area (Å²) in [7, 11) is 0. The lowest BCUT2D eigenvalue weighted by molar-refractivity contribution is -0.155. The quantitative estimate of drug-likeness (QED) is 0.804. The van der Waals surface area contributed by atoms with Gasteiger partial charge in [-0.15, -0.1) is 0 Å². The Morgan fingerprint density at radius 2 is 2.00 bits per heavy atom. The number of carbonyl (C=O) groups is 2. The van der Waals surface area contributed by atoms with E-state index in [4.69, 9.17) is 0 Å². The van der Waals surface area contributed by atoms with E-state index in [9.17, 15) is 14.7 Å². The topological polar surface area (TPSA) is 69.6 Å². The van der Waals surface area contributed by atoms with E-state index >= 15 is 0 Å². The number of carboxylic acids is 1. The molecule has 0 aromatic rings. The monoisotopic (exact) mass is 268 g/mol. The molecule has 2 aliphatic rings. The van der Waals surface area contributed by atoms with Crippen LogP contribution >= 0.6 is 0 Å². The summed E-state index contributed by atoms with van der Waals surface area (Å²) in [4.78, 5) is 25.7. The van der Waals surface area contributed by atoms with Crippen molar-refractivity contribution in [3.8, 4) is 0 Å². The molecule has 2 unspecified atom stereocenters. The van der Waals surface area contributed by atoms with E-state index in [1.807, 2.05) is 18.7 Å². The molecule has 2 saturated heterocycles. The van der Waals surface area contributed by atoms with Gasteiger partial charge in [-0.05, 0) is 39.2 Å². The Hall–Kier alpha value is -1.10. The van der Waals surface area contributed by atoms with Crippen LogP contribution < -0.4 is 5.32 Å². The van der Waals surface area contributed by atoms with Gasteiger partial charge in [-0.1, -0.05) is 6.92 Å². The molecule has 1 amide bonds. The highest BCUT2D eigenvalue weighted by Crippen LogP contribution is 2.36. The maximum atomic E-state index is 12.4. The molecule has 2 rings (SSSR count). The second-order valence-electron chi connectivity index (χ2n) is 5.90. The van der Waals surface area contributed by atoms with Gasteiger partial charge in [0.15, 0.2) is 0 Å². The van der Waals surface area contributed by atoms with Crippen LogP contribution in [0.2, 0.25) is 0 Å². The fraction of sp³-hybridized carbons (Fsp3) is 0.857. The molecule has 2 N–H and O–H groups in total. The van der Waals surface area contributed by atoms with Crippen molar-refractivity contribution in [1.82, 2.24) is 10.2 Å². The minimum Gasteiger partial charge on any atom is -0.481 e. The summed E-state index contributed by atoms with van der Waals surface area (Å²) in [6.45, 7) is 6.05. The van der Waals surface area contributed by atoms with Gasteiger partial charge < -0.3 is 15.3 Å². The van der Waals surface area contributed by atoms with E-state index in [1.165, 1.54) is 0 Å². The molecule has 2 atom stereocenters. The lowest BCUT2D eigenvalue weighted by atomic mass is 9.76. The predicted octanol–water partition coefficient (Wildman–Crippen LogP) is 1.09. The van der Waals surface area contributed by atoms with Crippen LogP contribution in [0.4, 0.5) is 0 Å². The van der Waals surface area contributed by atoms with Crippen molar-refractivity contribution in [1.29, 1.82) is 0 Å². The first kappa shape index (κ1) is 14.3. The minimum absolute atomic E-state index is 0.0685. The molecule has 0 radical (unpaired) electrons. The number of rotatable bonds is 3. The number of carbonyl (C=O) groups excluding carboxylic acids is 1. The van der Waals surface area contributed by atoms with Crippen molar-refractivity contribution < 1.29 is 14.7 Å². The highest BCUT2D eigenvalue weighted by atomic mass is 16.4. The number of nitrogens with one attached hydrogen (secondary N) is 1. The highest BCUT2D eigenvalue weighted by molar-refractivity contribution is 5.81. The van der Waals surface area contributed by atoms with E-state index in [0.717, 1.165) is 13.0 Å². The van der Waals surface area contributed by atoms with Crippen molar-refractivity contribution in [3.05, 3.63) is 0 Å². The molecule has 5 nitrogen and oxygen atoms in total. The highest BCUT2D eigenvalue weighted by Gasteiger charge is 2.42. The Balaban J connectivity index is 1.96. The first-order chi connectivity index (χ1) is 9.00. The van der Waals surface area contributed by atoms with Crippen LogP contribution in [0, 0.1) is 11.3 Å². The summed E-state index contributed by atoms with van der Waals surface area (Å²) in [5.41, 5.74) is -0.615. The molecular formula is C14H24N2O3. The Kier molecular flexibility index (Phi) is 4.13. The van der Waals surface area contributed by atoms with Gasteiger partial charge >= 0.3 is 5.97 Å². The summed E-state index contributed by atoms with van der Waals surface area (Å²) in [6, 6.07) is 0.241. The van der Waals surface area contributed by atoms with Crippen LogP contribution in [0.15, 0.2) is 0 Å². The van der Waals surface area contributed by atoms with Crippen molar-refractivity contribution in [3.63, 3.8) is 0 Å². The zero-order chi connectivity index (χ0) is 14.0. The second kappa shape index (κ2) is 5.49. The number of aliphatic carboxylic acids is 1. The van der Waals surface area contributed by atoms with E-state index in [1.54, 1.807) is 0 Å². The average molecular weight is 268 g/mol. The molecule has 0 aliphatic carbocycles. The molecule has 108 valence electrons. The van der Waals surface area contributed by atoms with Gasteiger partial charge in [0, 0.05) is 19.1 Å². The molecule has 0 saturated carbocycles. The molecule has 0 spiro atoms. The molecular weight excluding hydrogens is 244 g/mol. The maximum absolute atomic E-state index is 12.4. The van der Waals surface area contributed by atoms with Crippen molar-refractivity contribution in [2.24, 2.45) is 11.3 Å². The molecule has 2 fully saturated rings. The smallest absolute Gasteiger partial charge is 0.309 e. The van der Waals surface area contributed by atoms with Crippen LogP contribution in [0.1, 0.15) is 39.5 Å². The lowest BCUT2D eigenvalue weighted by Crippen LogP contribution is -2.49. The third kappa shape index (κ3) is 2.61. The van der Waals surface area contributed by atoms with Gasteiger partial charge in [-0.2, -0.15) is 0 Å². The molecule has 19 heavy (non-hydrogen) atoms. The number of amides is 1. The molecule has 5 heteroatoms. The van der Waals surface area contributed by atoms with Crippen LogP contribution in [0.3, 0.4) is 0 Å². The molecule has 2 aliphatic heterocycles. The second-order valence-corrected chi connectivity index (χ2v) is 5.90. The molecule has 0 aromatic carbocycles. The van der Waals surface area contributed by atoms with E-state index in [0.29, 0.717) is 32.4 Å². The van der Waals surface area contributed by atoms with Gasteiger partial charge in [0.1, 0.15) is 0 Å². The summed E-state index contributed by atoms with van der Waals surface area (Å²) in [5, 5.41) is 12.6. The summed E-state index contributed by atoms with van der Waals surface area (Å²) < 4.78 is 0. The fourth-order valence-electron chi connectivity index (χ4n) is 3.30. The molecule has 2 heterocycles. The SMILES string of the molecule is CCC1(C(=O)O)CCN(C(=O)C2CCNC2C)CC1. The average Bonchev–Trinajstić information content (AvgIpc) is 2.84. The number of likely N-dealkylation sites (tertiary alicyclic amines) is 1. The van der Waals surface area contributed by atoms with Gasteiger partial charge in [0.2, 0.25) is 5.91 Å². The Bertz CT molecular complexity index is 362. The fourth-order valence-corrected chi connectivity index (χ4v) is 3.30. The van der Waals surface area contributed by atoms with Crippen molar-refractivity contribution >= 4 is 11.9 Å².